The van der Waals surface area contributed by atoms with Gasteiger partial charge in [0.2, 0.25) is 0 Å². The molecule has 3 N–H and O–H groups in total. The van der Waals surface area contributed by atoms with Crippen molar-refractivity contribution in [2.24, 2.45) is 0 Å². The number of hydrogen-bond acceptors (Lipinski definition) is 10. The normalized spacial score (nSPS) is 20.4. The molecule has 0 bridgehead atoms. The van der Waals surface area contributed by atoms with Crippen LogP contribution in [0.25, 0.3) is 32.4 Å². The van der Waals surface area contributed by atoms with Crippen LogP contribution >= 0.6 is 11.3 Å². The van der Waals surface area contributed by atoms with Crippen molar-refractivity contribution in [3.63, 3.8) is 0 Å². The van der Waals surface area contributed by atoms with Gasteiger partial charge in [0.1, 0.15) is 29.5 Å². The average Bonchev–Trinajstić information content (AvgIpc) is 3.67. The Balaban J connectivity index is 1.34. The SMILES string of the molecule is Nc1nc2c(-c3ncc4c(N5CCNC(C=C(F)F)C5)nc(OCC56CCCN5CCC6)nc4c3F)ccc(F)c2s1. The van der Waals surface area contributed by atoms with Gasteiger partial charge in [-0.05, 0) is 57.0 Å². The van der Waals surface area contributed by atoms with Gasteiger partial charge < -0.3 is 20.7 Å². The van der Waals surface area contributed by atoms with Crippen molar-refractivity contribution >= 4 is 43.4 Å². The van der Waals surface area contributed by atoms with E-state index in [9.17, 15) is 13.2 Å². The highest BCUT2D eigenvalue weighted by Gasteiger charge is 2.45. The van der Waals surface area contributed by atoms with Crippen LogP contribution in [0.3, 0.4) is 0 Å². The maximum Gasteiger partial charge on any atom is 0.319 e. The Morgan fingerprint density at radius 3 is 2.71 bits per heavy atom. The fourth-order valence-corrected chi connectivity index (χ4v) is 7.36. The molecule has 42 heavy (non-hydrogen) atoms. The van der Waals surface area contributed by atoms with Gasteiger partial charge in [0.05, 0.1) is 21.1 Å². The predicted molar refractivity (Wildman–Crippen MR) is 153 cm³/mol. The van der Waals surface area contributed by atoms with E-state index in [-0.39, 0.29) is 50.2 Å². The van der Waals surface area contributed by atoms with E-state index >= 15 is 4.39 Å². The molecule has 0 amide bonds. The van der Waals surface area contributed by atoms with Crippen LogP contribution in [-0.2, 0) is 0 Å². The van der Waals surface area contributed by atoms with E-state index in [4.69, 9.17) is 10.5 Å². The molecule has 6 heterocycles. The molecular formula is C28H28F4N8OS. The molecule has 0 aliphatic carbocycles. The van der Waals surface area contributed by atoms with E-state index < -0.39 is 23.8 Å². The summed E-state index contributed by atoms with van der Waals surface area (Å²) < 4.78 is 63.5. The topological polar surface area (TPSA) is 105 Å². The number of benzene rings is 1. The average molecular weight is 601 g/mol. The summed E-state index contributed by atoms with van der Waals surface area (Å²) in [5, 5.41) is 3.51. The van der Waals surface area contributed by atoms with Crippen LogP contribution in [0.4, 0.5) is 28.5 Å². The number of pyridine rings is 1. The largest absolute Gasteiger partial charge is 0.461 e. The lowest BCUT2D eigenvalue weighted by Gasteiger charge is -2.34. The molecule has 0 spiro atoms. The van der Waals surface area contributed by atoms with E-state index in [1.165, 1.54) is 18.3 Å². The van der Waals surface area contributed by atoms with E-state index in [1.807, 2.05) is 4.90 Å². The standard InChI is InChI=1S/C28H28F4N8OS/c29-18-4-3-16(23-24(18)42-26(33)36-23)21-20(32)22-17(12-35-21)25(39-10-7-34-15(13-39)11-19(30)31)38-27(37-22)41-14-28-5-1-8-40(28)9-2-6-28/h3-4,11-12,15,34H,1-2,5-10,13-14H2,(H2,33,36). The lowest BCUT2D eigenvalue weighted by molar-refractivity contribution is 0.108. The van der Waals surface area contributed by atoms with Crippen molar-refractivity contribution in [2.75, 3.05) is 50.0 Å². The molecule has 0 saturated carbocycles. The number of rotatable bonds is 6. The van der Waals surface area contributed by atoms with Crippen molar-refractivity contribution in [3.8, 4) is 17.3 Å². The maximum atomic E-state index is 16.4. The number of halogens is 4. The number of thiazole rings is 1. The number of hydrogen-bond donors (Lipinski definition) is 2. The summed E-state index contributed by atoms with van der Waals surface area (Å²) in [5.74, 6) is -0.909. The lowest BCUT2D eigenvalue weighted by Crippen LogP contribution is -2.50. The third-order valence-electron chi connectivity index (χ3n) is 8.52. The summed E-state index contributed by atoms with van der Waals surface area (Å²) in [6.45, 7) is 3.45. The Kier molecular flexibility index (Phi) is 6.86. The summed E-state index contributed by atoms with van der Waals surface area (Å²) in [6.07, 6.45) is 4.72. The second-order valence-corrected chi connectivity index (χ2v) is 12.0. The minimum atomic E-state index is -1.78. The number of fused-ring (bicyclic) bond motifs is 3. The van der Waals surface area contributed by atoms with Crippen molar-refractivity contribution in [1.29, 1.82) is 0 Å². The van der Waals surface area contributed by atoms with E-state index in [0.717, 1.165) is 56.2 Å². The first kappa shape index (κ1) is 27.2. The Morgan fingerprint density at radius 1 is 1.12 bits per heavy atom. The van der Waals surface area contributed by atoms with Gasteiger partial charge in [0.15, 0.2) is 10.9 Å². The monoisotopic (exact) mass is 600 g/mol. The van der Waals surface area contributed by atoms with Gasteiger partial charge >= 0.3 is 6.01 Å². The zero-order valence-electron chi connectivity index (χ0n) is 22.5. The highest BCUT2D eigenvalue weighted by molar-refractivity contribution is 7.22. The second-order valence-electron chi connectivity index (χ2n) is 11.0. The van der Waals surface area contributed by atoms with Crippen LogP contribution in [0.1, 0.15) is 25.7 Å². The van der Waals surface area contributed by atoms with E-state index in [0.29, 0.717) is 30.9 Å². The fourth-order valence-electron chi connectivity index (χ4n) is 6.59. The number of aromatic nitrogens is 4. The summed E-state index contributed by atoms with van der Waals surface area (Å²) in [4.78, 5) is 22.0. The number of piperazine rings is 1. The molecule has 1 aromatic carbocycles. The molecule has 220 valence electrons. The molecule has 3 fully saturated rings. The van der Waals surface area contributed by atoms with Crippen molar-refractivity contribution in [1.82, 2.24) is 30.2 Å². The number of nitrogens with zero attached hydrogens (tertiary/aromatic N) is 6. The summed E-state index contributed by atoms with van der Waals surface area (Å²) in [5.41, 5.74) is 6.14. The summed E-state index contributed by atoms with van der Waals surface area (Å²) in [6, 6.07) is 2.03. The minimum Gasteiger partial charge on any atom is -0.461 e. The molecule has 14 heteroatoms. The molecule has 1 atom stereocenters. The first-order valence-electron chi connectivity index (χ1n) is 13.9. The van der Waals surface area contributed by atoms with Crippen LogP contribution in [0, 0.1) is 11.6 Å². The first-order chi connectivity index (χ1) is 20.3. The molecular weight excluding hydrogens is 572 g/mol. The molecule has 7 rings (SSSR count). The highest BCUT2D eigenvalue weighted by atomic mass is 32.1. The van der Waals surface area contributed by atoms with Crippen molar-refractivity contribution < 1.29 is 22.3 Å². The highest BCUT2D eigenvalue weighted by Crippen LogP contribution is 2.40. The summed E-state index contributed by atoms with van der Waals surface area (Å²) in [7, 11) is 0. The van der Waals surface area contributed by atoms with Crippen LogP contribution in [0.2, 0.25) is 0 Å². The van der Waals surface area contributed by atoms with Crippen LogP contribution < -0.4 is 20.7 Å². The molecule has 1 unspecified atom stereocenters. The van der Waals surface area contributed by atoms with Crippen molar-refractivity contribution in [2.45, 2.75) is 37.3 Å². The third kappa shape index (κ3) is 4.71. The zero-order valence-corrected chi connectivity index (χ0v) is 23.4. The molecule has 0 radical (unpaired) electrons. The van der Waals surface area contributed by atoms with Gasteiger partial charge in [0.25, 0.3) is 6.08 Å². The Morgan fingerprint density at radius 2 is 1.93 bits per heavy atom. The zero-order chi connectivity index (χ0) is 29.0. The van der Waals surface area contributed by atoms with Gasteiger partial charge in [0, 0.05) is 37.4 Å². The molecule has 3 aromatic heterocycles. The number of nitrogens with two attached hydrogens (primary N) is 1. The predicted octanol–water partition coefficient (Wildman–Crippen LogP) is 4.73. The van der Waals surface area contributed by atoms with Gasteiger partial charge in [-0.15, -0.1) is 0 Å². The number of anilines is 2. The Labute approximate surface area is 242 Å². The Hall–Kier alpha value is -3.62. The van der Waals surface area contributed by atoms with Gasteiger partial charge in [-0.3, -0.25) is 9.88 Å². The maximum absolute atomic E-state index is 16.4. The van der Waals surface area contributed by atoms with Gasteiger partial charge in [-0.25, -0.2) is 13.8 Å². The third-order valence-corrected chi connectivity index (χ3v) is 9.42. The van der Waals surface area contributed by atoms with Crippen LogP contribution in [0.5, 0.6) is 6.01 Å². The molecule has 9 nitrogen and oxygen atoms in total. The molecule has 4 aromatic rings. The molecule has 3 aliphatic heterocycles. The van der Waals surface area contributed by atoms with Gasteiger partial charge in [-0.2, -0.15) is 18.7 Å². The van der Waals surface area contributed by atoms with E-state index in [2.05, 4.69) is 30.2 Å². The number of nitrogen functional groups attached to an aromatic ring is 1. The number of ether oxygens (including phenoxy) is 1. The fraction of sp³-hybridized carbons (Fsp3) is 0.429. The lowest BCUT2D eigenvalue weighted by atomic mass is 9.95. The summed E-state index contributed by atoms with van der Waals surface area (Å²) >= 11 is 0.972. The number of nitrogens with one attached hydrogen (secondary N) is 1. The van der Waals surface area contributed by atoms with Gasteiger partial charge in [-0.1, -0.05) is 11.3 Å². The smallest absolute Gasteiger partial charge is 0.319 e. The molecule has 3 aliphatic rings. The minimum absolute atomic E-state index is 0.00567. The Bertz CT molecular complexity index is 1700. The first-order valence-corrected chi connectivity index (χ1v) is 14.7. The quantitative estimate of drug-likeness (QED) is 0.304. The van der Waals surface area contributed by atoms with Crippen LogP contribution in [0.15, 0.2) is 30.5 Å². The molecule has 3 saturated heterocycles. The van der Waals surface area contributed by atoms with Crippen LogP contribution in [-0.4, -0.2) is 75.7 Å². The second kappa shape index (κ2) is 10.6. The van der Waals surface area contributed by atoms with E-state index in [1.54, 1.807) is 0 Å². The van der Waals surface area contributed by atoms with Crippen molar-refractivity contribution in [3.05, 3.63) is 42.1 Å².